The number of rotatable bonds is 7. The van der Waals surface area contributed by atoms with E-state index in [9.17, 15) is 14.4 Å². The number of carbonyl (C=O) groups is 3. The molecular weight excluding hydrogens is 494 g/mol. The van der Waals surface area contributed by atoms with Gasteiger partial charge in [0.1, 0.15) is 10.6 Å². The number of anilines is 1. The number of amides is 2. The van der Waals surface area contributed by atoms with Crippen molar-refractivity contribution in [3.8, 4) is 11.5 Å². The quantitative estimate of drug-likeness (QED) is 0.342. The van der Waals surface area contributed by atoms with E-state index < -0.39 is 5.91 Å². The van der Waals surface area contributed by atoms with Crippen LogP contribution in [0.4, 0.5) is 5.69 Å². The van der Waals surface area contributed by atoms with Gasteiger partial charge in [-0.1, -0.05) is 17.3 Å². The first kappa shape index (κ1) is 24.5. The first-order valence-corrected chi connectivity index (χ1v) is 12.7. The summed E-state index contributed by atoms with van der Waals surface area (Å²) in [5.41, 5.74) is 2.28. The maximum Gasteiger partial charge on any atom is 0.348 e. The van der Waals surface area contributed by atoms with Crippen LogP contribution < -0.4 is 5.32 Å². The maximum absolute atomic E-state index is 12.8. The van der Waals surface area contributed by atoms with Gasteiger partial charge in [0, 0.05) is 29.7 Å². The molecular formula is C27H25N3O6S. The molecule has 10 heteroatoms. The number of likely N-dealkylation sites (tertiary alicyclic amines) is 1. The Bertz CT molecular complexity index is 1380. The van der Waals surface area contributed by atoms with E-state index in [0.717, 1.165) is 17.7 Å². The summed E-state index contributed by atoms with van der Waals surface area (Å²) in [4.78, 5) is 40.2. The zero-order chi connectivity index (χ0) is 25.8. The molecule has 37 heavy (non-hydrogen) atoms. The van der Waals surface area contributed by atoms with Crippen molar-refractivity contribution in [1.82, 2.24) is 10.1 Å². The molecule has 0 saturated carbocycles. The fraction of sp³-hybridized carbons (Fsp3) is 0.259. The fourth-order valence-electron chi connectivity index (χ4n) is 4.36. The smallest absolute Gasteiger partial charge is 0.348 e. The summed E-state index contributed by atoms with van der Waals surface area (Å²) in [7, 11) is 1.35. The average Bonchev–Trinajstić information content (AvgIpc) is 3.71. The molecule has 1 fully saturated rings. The van der Waals surface area contributed by atoms with E-state index in [4.69, 9.17) is 13.7 Å². The molecule has 1 N–H and O–H groups in total. The van der Waals surface area contributed by atoms with E-state index in [0.29, 0.717) is 41.0 Å². The second-order valence-electron chi connectivity index (χ2n) is 8.72. The van der Waals surface area contributed by atoms with Gasteiger partial charge in [0.15, 0.2) is 5.76 Å². The molecule has 1 aliphatic rings. The zero-order valence-corrected chi connectivity index (χ0v) is 21.0. The van der Waals surface area contributed by atoms with Crippen molar-refractivity contribution in [3.63, 3.8) is 0 Å². The van der Waals surface area contributed by atoms with Gasteiger partial charge in [-0.15, -0.1) is 11.3 Å². The molecule has 3 aromatic heterocycles. The average molecular weight is 520 g/mol. The number of ether oxygens (including phenoxy) is 1. The summed E-state index contributed by atoms with van der Waals surface area (Å²) in [5.74, 6) is 0.251. The van der Waals surface area contributed by atoms with Gasteiger partial charge in [0.25, 0.3) is 5.91 Å². The summed E-state index contributed by atoms with van der Waals surface area (Å²) >= 11 is 1.29. The molecule has 0 aliphatic carbocycles. The zero-order valence-electron chi connectivity index (χ0n) is 20.1. The second kappa shape index (κ2) is 10.8. The third-order valence-electron chi connectivity index (χ3n) is 6.37. The molecule has 4 heterocycles. The fourth-order valence-corrected chi connectivity index (χ4v) is 5.28. The number of furan rings is 1. The Morgan fingerprint density at radius 3 is 2.59 bits per heavy atom. The molecule has 1 saturated heterocycles. The molecule has 4 aromatic rings. The standard InChI is InChI=1S/C27H25N3O6S/c1-34-27(33)24-9-8-20(37-24)15-25(31)30-12-10-18(11-13-30)17-4-6-19(7-5-17)28-26(32)23-16-21(29-36-23)22-3-2-14-35-22/h2-9,14,16,18H,10-13,15H2,1H3,(H,28,32). The Balaban J connectivity index is 1.11. The lowest BCUT2D eigenvalue weighted by molar-refractivity contribution is -0.131. The summed E-state index contributed by atoms with van der Waals surface area (Å²) in [6, 6.07) is 16.3. The highest BCUT2D eigenvalue weighted by Gasteiger charge is 2.25. The first-order valence-electron chi connectivity index (χ1n) is 11.9. The Morgan fingerprint density at radius 2 is 1.89 bits per heavy atom. The van der Waals surface area contributed by atoms with Gasteiger partial charge in [-0.05, 0) is 60.7 Å². The summed E-state index contributed by atoms with van der Waals surface area (Å²) in [6.07, 6.45) is 3.54. The van der Waals surface area contributed by atoms with Gasteiger partial charge in [0.2, 0.25) is 11.7 Å². The molecule has 9 nitrogen and oxygen atoms in total. The van der Waals surface area contributed by atoms with Crippen LogP contribution in [-0.2, 0) is 16.0 Å². The van der Waals surface area contributed by atoms with E-state index >= 15 is 0 Å². The second-order valence-corrected chi connectivity index (χ2v) is 9.89. The van der Waals surface area contributed by atoms with Gasteiger partial charge in [-0.2, -0.15) is 0 Å². The highest BCUT2D eigenvalue weighted by Crippen LogP contribution is 2.30. The van der Waals surface area contributed by atoms with Crippen LogP contribution in [0.1, 0.15) is 49.4 Å². The van der Waals surface area contributed by atoms with E-state index in [1.165, 1.54) is 36.3 Å². The first-order chi connectivity index (χ1) is 18.0. The number of piperidine rings is 1. The third-order valence-corrected chi connectivity index (χ3v) is 7.43. The van der Waals surface area contributed by atoms with Crippen molar-refractivity contribution in [2.24, 2.45) is 0 Å². The lowest BCUT2D eigenvalue weighted by Gasteiger charge is -2.32. The van der Waals surface area contributed by atoms with Crippen LogP contribution in [0.15, 0.2) is 69.8 Å². The van der Waals surface area contributed by atoms with Crippen LogP contribution in [0, 0.1) is 0 Å². The number of benzene rings is 1. The SMILES string of the molecule is COC(=O)c1ccc(CC(=O)N2CCC(c3ccc(NC(=O)c4cc(-c5ccco5)no4)cc3)CC2)s1. The molecule has 190 valence electrons. The minimum absolute atomic E-state index is 0.0670. The number of nitrogens with one attached hydrogen (secondary N) is 1. The lowest BCUT2D eigenvalue weighted by Crippen LogP contribution is -2.38. The Labute approximate surface area is 217 Å². The van der Waals surface area contributed by atoms with Crippen molar-refractivity contribution in [2.45, 2.75) is 25.2 Å². The summed E-state index contributed by atoms with van der Waals surface area (Å²) < 4.78 is 15.2. The van der Waals surface area contributed by atoms with Gasteiger partial charge < -0.3 is 23.9 Å². The van der Waals surface area contributed by atoms with E-state index in [1.54, 1.807) is 18.2 Å². The van der Waals surface area contributed by atoms with Gasteiger partial charge in [-0.25, -0.2) is 4.79 Å². The number of methoxy groups -OCH3 is 1. The summed E-state index contributed by atoms with van der Waals surface area (Å²) in [6.45, 7) is 1.36. The molecule has 0 atom stereocenters. The monoisotopic (exact) mass is 519 g/mol. The van der Waals surface area contributed by atoms with Gasteiger partial charge in [-0.3, -0.25) is 9.59 Å². The molecule has 0 unspecified atom stereocenters. The van der Waals surface area contributed by atoms with Crippen LogP contribution in [0.5, 0.6) is 0 Å². The molecule has 1 aromatic carbocycles. The minimum Gasteiger partial charge on any atom is -0.465 e. The molecule has 1 aliphatic heterocycles. The highest BCUT2D eigenvalue weighted by molar-refractivity contribution is 7.14. The number of aromatic nitrogens is 1. The van der Waals surface area contributed by atoms with Crippen LogP contribution in [-0.4, -0.2) is 48.0 Å². The largest absolute Gasteiger partial charge is 0.465 e. The third kappa shape index (κ3) is 5.64. The lowest BCUT2D eigenvalue weighted by atomic mass is 9.89. The van der Waals surface area contributed by atoms with Gasteiger partial charge >= 0.3 is 5.97 Å². The number of hydrogen-bond acceptors (Lipinski definition) is 8. The van der Waals surface area contributed by atoms with Crippen molar-refractivity contribution in [1.29, 1.82) is 0 Å². The Hall–Kier alpha value is -4.18. The minimum atomic E-state index is -0.394. The van der Waals surface area contributed by atoms with Crippen molar-refractivity contribution >= 4 is 34.8 Å². The molecule has 0 spiro atoms. The van der Waals surface area contributed by atoms with E-state index in [-0.39, 0.29) is 24.1 Å². The normalized spacial score (nSPS) is 13.9. The van der Waals surface area contributed by atoms with Crippen LogP contribution >= 0.6 is 11.3 Å². The van der Waals surface area contributed by atoms with E-state index in [2.05, 4.69) is 10.5 Å². The number of thiophene rings is 1. The molecule has 0 bridgehead atoms. The number of nitrogens with zero attached hydrogens (tertiary/aromatic N) is 2. The van der Waals surface area contributed by atoms with Crippen LogP contribution in [0.3, 0.4) is 0 Å². The number of esters is 1. The Morgan fingerprint density at radius 1 is 1.11 bits per heavy atom. The maximum atomic E-state index is 12.8. The van der Waals surface area contributed by atoms with Crippen LogP contribution in [0.2, 0.25) is 0 Å². The van der Waals surface area contributed by atoms with Crippen molar-refractivity contribution in [2.75, 3.05) is 25.5 Å². The number of carbonyl (C=O) groups excluding carboxylic acids is 3. The highest BCUT2D eigenvalue weighted by atomic mass is 32.1. The van der Waals surface area contributed by atoms with E-state index in [1.807, 2.05) is 35.2 Å². The predicted octanol–water partition coefficient (Wildman–Crippen LogP) is 4.98. The number of hydrogen-bond donors (Lipinski definition) is 1. The summed E-state index contributed by atoms with van der Waals surface area (Å²) in [5, 5.41) is 6.69. The van der Waals surface area contributed by atoms with Gasteiger partial charge in [0.05, 0.1) is 19.8 Å². The Kier molecular flexibility index (Phi) is 7.18. The van der Waals surface area contributed by atoms with Crippen molar-refractivity contribution in [3.05, 3.63) is 81.9 Å². The molecule has 0 radical (unpaired) electrons. The predicted molar refractivity (Wildman–Crippen MR) is 137 cm³/mol. The van der Waals surface area contributed by atoms with Crippen LogP contribution in [0.25, 0.3) is 11.5 Å². The topological polar surface area (TPSA) is 115 Å². The van der Waals surface area contributed by atoms with Crippen molar-refractivity contribution < 1.29 is 28.1 Å². The molecule has 2 amide bonds. The molecule has 5 rings (SSSR count).